The highest BCUT2D eigenvalue weighted by atomic mass is 16.5. The van der Waals surface area contributed by atoms with Crippen molar-refractivity contribution in [3.8, 4) is 0 Å². The van der Waals surface area contributed by atoms with E-state index in [9.17, 15) is 9.59 Å². The average molecular weight is 245 g/mol. The van der Waals surface area contributed by atoms with Gasteiger partial charge in [-0.1, -0.05) is 13.3 Å². The minimum atomic E-state index is -0.580. The van der Waals surface area contributed by atoms with Crippen LogP contribution in [0.4, 0.5) is 0 Å². The molecule has 0 bridgehead atoms. The quantitative estimate of drug-likeness (QED) is 0.319. The third kappa shape index (κ3) is 8.79. The molecule has 0 aliphatic carbocycles. The third-order valence-corrected chi connectivity index (χ3v) is 2.38. The van der Waals surface area contributed by atoms with Gasteiger partial charge in [0.15, 0.2) is 5.78 Å². The van der Waals surface area contributed by atoms with Gasteiger partial charge in [-0.05, 0) is 19.3 Å². The monoisotopic (exact) mass is 245 g/mol. The summed E-state index contributed by atoms with van der Waals surface area (Å²) >= 11 is 0. The van der Waals surface area contributed by atoms with Gasteiger partial charge < -0.3 is 16.3 Å². The Balaban J connectivity index is 3.63. The van der Waals surface area contributed by atoms with Crippen molar-refractivity contribution in [1.82, 2.24) is 10.8 Å². The summed E-state index contributed by atoms with van der Waals surface area (Å²) < 4.78 is 0. The summed E-state index contributed by atoms with van der Waals surface area (Å²) in [6.45, 7) is 2.47. The zero-order chi connectivity index (χ0) is 13.1. The normalized spacial score (nSPS) is 12.2. The number of unbranched alkanes of at least 4 members (excludes halogenated alkanes) is 1. The number of ketones is 1. The van der Waals surface area contributed by atoms with Crippen LogP contribution in [0, 0.1) is 0 Å². The minimum Gasteiger partial charge on any atom is -0.348 e. The van der Waals surface area contributed by atoms with E-state index in [1.807, 2.05) is 12.4 Å². The first-order valence-electron chi connectivity index (χ1n) is 6.03. The highest BCUT2D eigenvalue weighted by Crippen LogP contribution is 1.98. The number of hydrogen-bond acceptors (Lipinski definition) is 5. The fraction of sp³-hybridized carbons (Fsp3) is 0.818. The largest absolute Gasteiger partial charge is 0.348 e. The Bertz CT molecular complexity index is 234. The molecule has 1 atom stereocenters. The maximum absolute atomic E-state index is 11.5. The van der Waals surface area contributed by atoms with Gasteiger partial charge >= 0.3 is 0 Å². The van der Waals surface area contributed by atoms with Crippen LogP contribution < -0.4 is 16.5 Å². The molecule has 0 unspecified atom stereocenters. The molecule has 0 saturated carbocycles. The highest BCUT2D eigenvalue weighted by molar-refractivity contribution is 5.88. The first-order valence-corrected chi connectivity index (χ1v) is 6.03. The molecule has 6 heteroatoms. The number of carbonyl (C=O) groups excluding carboxylic acids is 2. The summed E-state index contributed by atoms with van der Waals surface area (Å²) in [5.41, 5.74) is 7.69. The van der Waals surface area contributed by atoms with Gasteiger partial charge in [0.25, 0.3) is 0 Å². The molecule has 0 aliphatic heterocycles. The molecule has 100 valence electrons. The first kappa shape index (κ1) is 16.0. The van der Waals surface area contributed by atoms with Crippen molar-refractivity contribution in [3.63, 3.8) is 0 Å². The molecule has 0 aromatic rings. The second-order valence-corrected chi connectivity index (χ2v) is 4.02. The van der Waals surface area contributed by atoms with E-state index in [-0.39, 0.29) is 18.2 Å². The standard InChI is InChI=1S/C11H23N3O3/c1-2-5-9(15)8-13-11(16)10(12)6-3-4-7-14-17/h10,14,17H,2-8,12H2,1H3,(H,13,16)/t10-/m0/s1. The summed E-state index contributed by atoms with van der Waals surface area (Å²) in [6, 6.07) is -0.580. The lowest BCUT2D eigenvalue weighted by Gasteiger charge is -2.11. The second-order valence-electron chi connectivity index (χ2n) is 4.02. The lowest BCUT2D eigenvalue weighted by molar-refractivity contribution is -0.126. The van der Waals surface area contributed by atoms with E-state index >= 15 is 0 Å². The zero-order valence-electron chi connectivity index (χ0n) is 10.4. The Morgan fingerprint density at radius 2 is 2.06 bits per heavy atom. The summed E-state index contributed by atoms with van der Waals surface area (Å²) in [7, 11) is 0. The minimum absolute atomic E-state index is 0.0255. The Hall–Kier alpha value is -0.980. The van der Waals surface area contributed by atoms with Gasteiger partial charge in [0.2, 0.25) is 5.91 Å². The molecular weight excluding hydrogens is 222 g/mol. The Morgan fingerprint density at radius 3 is 2.65 bits per heavy atom. The van der Waals surface area contributed by atoms with E-state index in [1.54, 1.807) is 0 Å². The van der Waals surface area contributed by atoms with Gasteiger partial charge in [-0.3, -0.25) is 9.59 Å². The van der Waals surface area contributed by atoms with Crippen molar-refractivity contribution in [1.29, 1.82) is 0 Å². The van der Waals surface area contributed by atoms with Crippen LogP contribution in [-0.2, 0) is 9.59 Å². The van der Waals surface area contributed by atoms with E-state index in [1.165, 1.54) is 0 Å². The van der Waals surface area contributed by atoms with Crippen molar-refractivity contribution < 1.29 is 14.8 Å². The summed E-state index contributed by atoms with van der Waals surface area (Å²) in [5, 5.41) is 10.9. The van der Waals surface area contributed by atoms with Crippen molar-refractivity contribution in [2.24, 2.45) is 5.73 Å². The molecule has 0 saturated heterocycles. The summed E-state index contributed by atoms with van der Waals surface area (Å²) in [6.07, 6.45) is 3.33. The number of amides is 1. The molecule has 5 N–H and O–H groups in total. The maximum atomic E-state index is 11.5. The van der Waals surface area contributed by atoms with E-state index in [0.29, 0.717) is 19.4 Å². The summed E-state index contributed by atoms with van der Waals surface area (Å²) in [5.74, 6) is -0.260. The zero-order valence-corrected chi connectivity index (χ0v) is 10.4. The highest BCUT2D eigenvalue weighted by Gasteiger charge is 2.13. The van der Waals surface area contributed by atoms with Crippen LogP contribution in [0.2, 0.25) is 0 Å². The van der Waals surface area contributed by atoms with Crippen LogP contribution in [0.1, 0.15) is 39.0 Å². The second kappa shape index (κ2) is 10.2. The molecule has 0 radical (unpaired) electrons. The van der Waals surface area contributed by atoms with Crippen LogP contribution in [0.3, 0.4) is 0 Å². The fourth-order valence-electron chi connectivity index (χ4n) is 1.38. The molecule has 0 aromatic carbocycles. The Labute approximate surface area is 102 Å². The van der Waals surface area contributed by atoms with Crippen molar-refractivity contribution in [3.05, 3.63) is 0 Å². The van der Waals surface area contributed by atoms with Gasteiger partial charge in [-0.2, -0.15) is 0 Å². The van der Waals surface area contributed by atoms with Gasteiger partial charge in [-0.25, -0.2) is 5.48 Å². The van der Waals surface area contributed by atoms with Crippen molar-refractivity contribution in [2.75, 3.05) is 13.1 Å². The third-order valence-electron chi connectivity index (χ3n) is 2.38. The smallest absolute Gasteiger partial charge is 0.237 e. The molecule has 0 heterocycles. The average Bonchev–Trinajstić information content (AvgIpc) is 2.31. The number of hydrogen-bond donors (Lipinski definition) is 4. The lowest BCUT2D eigenvalue weighted by atomic mass is 10.1. The van der Waals surface area contributed by atoms with Crippen LogP contribution in [-0.4, -0.2) is 36.0 Å². The molecule has 6 nitrogen and oxygen atoms in total. The van der Waals surface area contributed by atoms with Gasteiger partial charge in [-0.15, -0.1) is 0 Å². The number of hydroxylamine groups is 1. The lowest BCUT2D eigenvalue weighted by Crippen LogP contribution is -2.42. The van der Waals surface area contributed by atoms with Crippen molar-refractivity contribution >= 4 is 11.7 Å². The van der Waals surface area contributed by atoms with Crippen LogP contribution in [0.5, 0.6) is 0 Å². The topological polar surface area (TPSA) is 104 Å². The molecule has 17 heavy (non-hydrogen) atoms. The molecule has 0 aliphatic rings. The number of nitrogens with one attached hydrogen (secondary N) is 2. The van der Waals surface area contributed by atoms with Crippen LogP contribution in [0.25, 0.3) is 0 Å². The predicted molar refractivity (Wildman–Crippen MR) is 64.5 cm³/mol. The van der Waals surface area contributed by atoms with Crippen LogP contribution in [0.15, 0.2) is 0 Å². The number of rotatable bonds is 10. The molecule has 0 fully saturated rings. The van der Waals surface area contributed by atoms with E-state index in [4.69, 9.17) is 10.9 Å². The molecular formula is C11H23N3O3. The van der Waals surface area contributed by atoms with Crippen LogP contribution >= 0.6 is 0 Å². The van der Waals surface area contributed by atoms with Gasteiger partial charge in [0.05, 0.1) is 12.6 Å². The van der Waals surface area contributed by atoms with Gasteiger partial charge in [0, 0.05) is 13.0 Å². The molecule has 0 rings (SSSR count). The maximum Gasteiger partial charge on any atom is 0.237 e. The number of nitrogens with two attached hydrogens (primary N) is 1. The van der Waals surface area contributed by atoms with E-state index < -0.39 is 6.04 Å². The molecule has 0 aromatic heterocycles. The van der Waals surface area contributed by atoms with Crippen molar-refractivity contribution in [2.45, 2.75) is 45.1 Å². The Morgan fingerprint density at radius 1 is 1.35 bits per heavy atom. The van der Waals surface area contributed by atoms with E-state index in [2.05, 4.69) is 5.32 Å². The predicted octanol–water partition coefficient (Wildman–Crippen LogP) is -0.0518. The Kier molecular flexibility index (Phi) is 9.60. The van der Waals surface area contributed by atoms with Gasteiger partial charge in [0.1, 0.15) is 0 Å². The molecule has 1 amide bonds. The number of carbonyl (C=O) groups is 2. The van der Waals surface area contributed by atoms with E-state index in [0.717, 1.165) is 19.3 Å². The summed E-state index contributed by atoms with van der Waals surface area (Å²) in [4.78, 5) is 22.6. The number of Topliss-reactive ketones (excluding diaryl/α,β-unsaturated/α-hetero) is 1. The first-order chi connectivity index (χ1) is 8.11. The SMILES string of the molecule is CCCC(=O)CNC(=O)[C@@H](N)CCCCNO. The fourth-order valence-corrected chi connectivity index (χ4v) is 1.38. The molecule has 0 spiro atoms.